The zero-order chi connectivity index (χ0) is 19.8. The van der Waals surface area contributed by atoms with E-state index in [0.717, 1.165) is 5.69 Å². The minimum Gasteiger partial charge on any atom is -0.504 e. The van der Waals surface area contributed by atoms with Crippen molar-refractivity contribution < 1.29 is 29.3 Å². The lowest BCUT2D eigenvalue weighted by molar-refractivity contribution is -0.145. The summed E-state index contributed by atoms with van der Waals surface area (Å²) in [4.78, 5) is 27.7. The van der Waals surface area contributed by atoms with Gasteiger partial charge < -0.3 is 25.4 Å². The number of phenols is 2. The molecule has 1 aromatic carbocycles. The number of benzene rings is 1. The zero-order valence-corrected chi connectivity index (χ0v) is 14.9. The number of aromatic nitrogens is 1. The number of nitrogens with zero attached hydrogens (tertiary/aromatic N) is 1. The van der Waals surface area contributed by atoms with Gasteiger partial charge in [0.2, 0.25) is 0 Å². The van der Waals surface area contributed by atoms with Crippen LogP contribution in [0.5, 0.6) is 11.5 Å². The van der Waals surface area contributed by atoms with Gasteiger partial charge in [0.05, 0.1) is 18.8 Å². The number of nitrogens with two attached hydrogens (primary N) is 1. The number of pyridine rings is 1. The molecule has 4 N–H and O–H groups in total. The fraction of sp³-hybridized carbons (Fsp3) is 0.316. The molecule has 0 aliphatic heterocycles. The van der Waals surface area contributed by atoms with Crippen molar-refractivity contribution >= 4 is 11.9 Å². The Morgan fingerprint density at radius 1 is 1.11 bits per heavy atom. The molecule has 0 aliphatic carbocycles. The van der Waals surface area contributed by atoms with Gasteiger partial charge in [0, 0.05) is 18.3 Å². The van der Waals surface area contributed by atoms with E-state index >= 15 is 0 Å². The van der Waals surface area contributed by atoms with Crippen LogP contribution in [0.3, 0.4) is 0 Å². The average molecular weight is 374 g/mol. The van der Waals surface area contributed by atoms with E-state index in [1.807, 2.05) is 6.92 Å². The van der Waals surface area contributed by atoms with Gasteiger partial charge >= 0.3 is 11.9 Å². The smallest absolute Gasteiger partial charge is 0.339 e. The molecule has 0 saturated heterocycles. The van der Waals surface area contributed by atoms with E-state index in [1.165, 1.54) is 18.3 Å². The van der Waals surface area contributed by atoms with E-state index in [1.54, 1.807) is 18.2 Å². The van der Waals surface area contributed by atoms with Gasteiger partial charge in [-0.1, -0.05) is 6.07 Å². The van der Waals surface area contributed by atoms with E-state index in [0.29, 0.717) is 17.5 Å². The third-order valence-corrected chi connectivity index (χ3v) is 3.71. The lowest BCUT2D eigenvalue weighted by atomic mass is 10.1. The number of carbonyl (C=O) groups is 2. The first-order valence-corrected chi connectivity index (χ1v) is 8.39. The van der Waals surface area contributed by atoms with Crippen LogP contribution in [-0.4, -0.2) is 46.4 Å². The van der Waals surface area contributed by atoms with Crippen molar-refractivity contribution in [2.45, 2.75) is 25.8 Å². The molecule has 2 rings (SSSR count). The van der Waals surface area contributed by atoms with Crippen molar-refractivity contribution in [1.82, 2.24) is 4.98 Å². The Kier molecular flexibility index (Phi) is 7.13. The Hall–Kier alpha value is -3.13. The van der Waals surface area contributed by atoms with Crippen molar-refractivity contribution in [2.24, 2.45) is 5.73 Å². The van der Waals surface area contributed by atoms with Gasteiger partial charge in [0.25, 0.3) is 0 Å². The second kappa shape index (κ2) is 9.54. The number of aromatic hydroxyl groups is 2. The highest BCUT2D eigenvalue weighted by Crippen LogP contribution is 2.25. The van der Waals surface area contributed by atoms with Crippen LogP contribution < -0.4 is 5.73 Å². The maximum Gasteiger partial charge on any atom is 0.339 e. The van der Waals surface area contributed by atoms with Gasteiger partial charge in [0.15, 0.2) is 11.5 Å². The fourth-order valence-corrected chi connectivity index (χ4v) is 2.21. The highest BCUT2D eigenvalue weighted by Gasteiger charge is 2.16. The van der Waals surface area contributed by atoms with Gasteiger partial charge in [-0.3, -0.25) is 9.78 Å². The molecule has 2 aromatic rings. The third kappa shape index (κ3) is 6.27. The minimum atomic E-state index is -0.907. The van der Waals surface area contributed by atoms with Gasteiger partial charge in [0.1, 0.15) is 6.04 Å². The molecule has 0 bridgehead atoms. The summed E-state index contributed by atoms with van der Waals surface area (Å²) in [5, 5.41) is 18.7. The van der Waals surface area contributed by atoms with Crippen LogP contribution in [0.15, 0.2) is 36.5 Å². The van der Waals surface area contributed by atoms with E-state index < -0.39 is 18.0 Å². The molecule has 0 saturated carbocycles. The number of aryl methyl sites for hydroxylation is 1. The summed E-state index contributed by atoms with van der Waals surface area (Å²) in [7, 11) is 0. The number of carbonyl (C=O) groups excluding carboxylic acids is 2. The molecule has 1 heterocycles. The van der Waals surface area contributed by atoms with Crippen LogP contribution in [0, 0.1) is 6.92 Å². The highest BCUT2D eigenvalue weighted by atomic mass is 16.5. The quantitative estimate of drug-likeness (QED) is 0.359. The molecule has 0 unspecified atom stereocenters. The monoisotopic (exact) mass is 374 g/mol. The van der Waals surface area contributed by atoms with E-state index in [-0.39, 0.29) is 31.1 Å². The Labute approximate surface area is 156 Å². The molecular formula is C19H22N2O6. The van der Waals surface area contributed by atoms with Gasteiger partial charge in [-0.05, 0) is 43.2 Å². The van der Waals surface area contributed by atoms with Crippen LogP contribution in [0.1, 0.15) is 28.0 Å². The van der Waals surface area contributed by atoms with E-state index in [9.17, 15) is 19.8 Å². The molecule has 1 atom stereocenters. The molecule has 0 radical (unpaired) electrons. The molecule has 0 aliphatic rings. The largest absolute Gasteiger partial charge is 0.504 e. The first-order chi connectivity index (χ1) is 12.9. The predicted molar refractivity (Wildman–Crippen MR) is 96.3 cm³/mol. The van der Waals surface area contributed by atoms with Crippen molar-refractivity contribution in [3.63, 3.8) is 0 Å². The summed E-state index contributed by atoms with van der Waals surface area (Å²) < 4.78 is 10.1. The molecule has 0 spiro atoms. The van der Waals surface area contributed by atoms with Gasteiger partial charge in [-0.15, -0.1) is 0 Å². The summed E-state index contributed by atoms with van der Waals surface area (Å²) in [5.41, 5.74) is 7.53. The Bertz CT molecular complexity index is 791. The van der Waals surface area contributed by atoms with Crippen molar-refractivity contribution in [3.05, 3.63) is 53.3 Å². The van der Waals surface area contributed by atoms with Crippen molar-refractivity contribution in [2.75, 3.05) is 13.2 Å². The minimum absolute atomic E-state index is 0.0623. The lowest BCUT2D eigenvalue weighted by Crippen LogP contribution is -2.34. The van der Waals surface area contributed by atoms with E-state index in [2.05, 4.69) is 4.98 Å². The summed E-state index contributed by atoms with van der Waals surface area (Å²) in [6, 6.07) is 6.65. The average Bonchev–Trinajstić information content (AvgIpc) is 2.64. The van der Waals surface area contributed by atoms with Crippen LogP contribution >= 0.6 is 0 Å². The second-order valence-electron chi connectivity index (χ2n) is 5.98. The van der Waals surface area contributed by atoms with Gasteiger partial charge in [-0.25, -0.2) is 4.79 Å². The summed E-state index contributed by atoms with van der Waals surface area (Å²) >= 11 is 0. The molecule has 0 amide bonds. The molecule has 1 aromatic heterocycles. The van der Waals surface area contributed by atoms with Crippen molar-refractivity contribution in [1.29, 1.82) is 0 Å². The lowest BCUT2D eigenvalue weighted by Gasteiger charge is -2.12. The molecule has 144 valence electrons. The summed E-state index contributed by atoms with van der Waals surface area (Å²) in [6.45, 7) is 1.98. The van der Waals surface area contributed by atoms with E-state index in [4.69, 9.17) is 15.2 Å². The maximum absolute atomic E-state index is 11.9. The number of ether oxygens (including phenoxy) is 2. The standard InChI is InChI=1S/C19H22N2O6/c1-12-3-5-14(11-21-12)18(24)26-7-2-8-27-19(25)15(20)9-13-4-6-16(22)17(23)10-13/h3-6,10-11,15,22-23H,2,7-9,20H2,1H3/t15-/m0/s1. The van der Waals surface area contributed by atoms with Gasteiger partial charge in [-0.2, -0.15) is 0 Å². The number of hydrogen-bond donors (Lipinski definition) is 3. The third-order valence-electron chi connectivity index (χ3n) is 3.71. The Balaban J connectivity index is 1.67. The van der Waals surface area contributed by atoms with Crippen LogP contribution in [0.25, 0.3) is 0 Å². The SMILES string of the molecule is Cc1ccc(C(=O)OCCCOC(=O)[C@@H](N)Cc2ccc(O)c(O)c2)cn1. The summed E-state index contributed by atoms with van der Waals surface area (Å²) in [6.07, 6.45) is 1.93. The second-order valence-corrected chi connectivity index (χ2v) is 5.98. The Morgan fingerprint density at radius 2 is 1.85 bits per heavy atom. The summed E-state index contributed by atoms with van der Waals surface area (Å²) in [5.74, 6) is -1.61. The first kappa shape index (κ1) is 20.2. The number of rotatable bonds is 8. The highest BCUT2D eigenvalue weighted by molar-refractivity contribution is 5.88. The van der Waals surface area contributed by atoms with Crippen molar-refractivity contribution in [3.8, 4) is 11.5 Å². The zero-order valence-electron chi connectivity index (χ0n) is 14.9. The molecule has 8 heteroatoms. The topological polar surface area (TPSA) is 132 Å². The molecule has 0 fully saturated rings. The maximum atomic E-state index is 11.9. The van der Waals surface area contributed by atoms with Crippen LogP contribution in [0.2, 0.25) is 0 Å². The molecular weight excluding hydrogens is 352 g/mol. The number of esters is 2. The fourth-order valence-electron chi connectivity index (χ4n) is 2.21. The number of hydrogen-bond acceptors (Lipinski definition) is 8. The number of phenolic OH excluding ortho intramolecular Hbond substituents is 2. The molecule has 8 nitrogen and oxygen atoms in total. The van der Waals surface area contributed by atoms with Crippen LogP contribution in [0.4, 0.5) is 0 Å². The predicted octanol–water partition coefficient (Wildman–Crippen LogP) is 1.46. The van der Waals surface area contributed by atoms with Crippen LogP contribution in [-0.2, 0) is 20.7 Å². The first-order valence-electron chi connectivity index (χ1n) is 8.39. The normalized spacial score (nSPS) is 11.6. The Morgan fingerprint density at radius 3 is 2.52 bits per heavy atom. The molecule has 27 heavy (non-hydrogen) atoms.